The quantitative estimate of drug-likeness (QED) is 0.437. The normalized spacial score (nSPS) is 18.7. The summed E-state index contributed by atoms with van der Waals surface area (Å²) in [5.74, 6) is -1.28. The van der Waals surface area contributed by atoms with Crippen LogP contribution in [0.25, 0.3) is 0 Å². The molecule has 1 aliphatic rings. The van der Waals surface area contributed by atoms with Crippen molar-refractivity contribution in [1.29, 1.82) is 0 Å². The summed E-state index contributed by atoms with van der Waals surface area (Å²) in [5, 5.41) is 5.46. The molecule has 2 rings (SSSR count). The predicted molar refractivity (Wildman–Crippen MR) is 116 cm³/mol. The number of halogens is 3. The molecule has 1 aliphatic heterocycles. The molecule has 10 nitrogen and oxygen atoms in total. The lowest BCUT2D eigenvalue weighted by atomic mass is 9.90. The number of likely N-dealkylation sites (N-methyl/N-ethyl adjacent to an activating group) is 1. The molecule has 0 bridgehead atoms. The Kier molecular flexibility index (Phi) is 7.34. The van der Waals surface area contributed by atoms with Crippen LogP contribution in [0.3, 0.4) is 0 Å². The standard InChI is InChI=1S/C22H28F3N3O7/c1-19(2,3)33-17(30)28(35-18(31)34-20(4,5)6)21(7)15(26-27(8)16(21)29)13-9-11-14(12-10-13)32-22(23,24)25/h9-12H,1-8H3. The molecule has 1 atom stereocenters. The number of alkyl halides is 3. The Morgan fingerprint density at radius 1 is 0.971 bits per heavy atom. The second-order valence-corrected chi connectivity index (χ2v) is 9.75. The first-order valence-electron chi connectivity index (χ1n) is 10.4. The fourth-order valence-electron chi connectivity index (χ4n) is 3.00. The lowest BCUT2D eigenvalue weighted by Crippen LogP contribution is -2.61. The molecule has 0 spiro atoms. The maximum Gasteiger partial charge on any atom is 0.573 e. The van der Waals surface area contributed by atoms with E-state index in [1.807, 2.05) is 0 Å². The van der Waals surface area contributed by atoms with E-state index in [-0.39, 0.29) is 11.3 Å². The van der Waals surface area contributed by atoms with Crippen LogP contribution in [0.15, 0.2) is 29.4 Å². The van der Waals surface area contributed by atoms with Crippen LogP contribution in [0.5, 0.6) is 5.75 Å². The van der Waals surface area contributed by atoms with Crippen LogP contribution in [0, 0.1) is 0 Å². The smallest absolute Gasteiger partial charge is 0.442 e. The van der Waals surface area contributed by atoms with Gasteiger partial charge in [0, 0.05) is 12.6 Å². The van der Waals surface area contributed by atoms with Gasteiger partial charge in [0.05, 0.1) is 0 Å². The van der Waals surface area contributed by atoms with Gasteiger partial charge in [-0.25, -0.2) is 14.6 Å². The molecule has 0 saturated heterocycles. The second kappa shape index (κ2) is 9.27. The number of carbonyl (C=O) groups is 3. The molecule has 0 aliphatic carbocycles. The third kappa shape index (κ3) is 6.99. The fourth-order valence-corrected chi connectivity index (χ4v) is 3.00. The van der Waals surface area contributed by atoms with Crippen LogP contribution in [0.2, 0.25) is 0 Å². The molecular weight excluding hydrogens is 475 g/mol. The summed E-state index contributed by atoms with van der Waals surface area (Å²) in [4.78, 5) is 43.9. The molecule has 0 saturated carbocycles. The van der Waals surface area contributed by atoms with Crippen molar-refractivity contribution < 1.29 is 46.6 Å². The monoisotopic (exact) mass is 503 g/mol. The summed E-state index contributed by atoms with van der Waals surface area (Å²) < 4.78 is 51.9. The molecule has 1 unspecified atom stereocenters. The lowest BCUT2D eigenvalue weighted by Gasteiger charge is -2.36. The van der Waals surface area contributed by atoms with Gasteiger partial charge in [-0.3, -0.25) is 9.63 Å². The number of benzene rings is 1. The van der Waals surface area contributed by atoms with Crippen molar-refractivity contribution in [2.24, 2.45) is 5.10 Å². The predicted octanol–water partition coefficient (Wildman–Crippen LogP) is 4.62. The van der Waals surface area contributed by atoms with Crippen LogP contribution in [0.4, 0.5) is 22.8 Å². The molecule has 1 heterocycles. The van der Waals surface area contributed by atoms with Crippen molar-refractivity contribution >= 4 is 23.9 Å². The van der Waals surface area contributed by atoms with E-state index in [2.05, 4.69) is 9.84 Å². The SMILES string of the molecule is CN1N=C(c2ccc(OC(F)(F)F)cc2)C(C)(N(OC(=O)OC(C)(C)C)C(=O)OC(C)(C)C)C1=O. The van der Waals surface area contributed by atoms with E-state index in [1.165, 1.54) is 26.1 Å². The Hall–Kier alpha value is -3.51. The van der Waals surface area contributed by atoms with Gasteiger partial charge in [-0.2, -0.15) is 5.10 Å². The number of rotatable bonds is 3. The van der Waals surface area contributed by atoms with Gasteiger partial charge in [0.15, 0.2) is 0 Å². The minimum atomic E-state index is -4.90. The van der Waals surface area contributed by atoms with E-state index in [1.54, 1.807) is 41.5 Å². The maximum atomic E-state index is 13.2. The first-order chi connectivity index (χ1) is 15.7. The zero-order valence-electron chi connectivity index (χ0n) is 20.6. The van der Waals surface area contributed by atoms with Crippen LogP contribution in [0.1, 0.15) is 54.0 Å². The largest absolute Gasteiger partial charge is 0.573 e. The summed E-state index contributed by atoms with van der Waals surface area (Å²) >= 11 is 0. The van der Waals surface area contributed by atoms with Gasteiger partial charge in [0.1, 0.15) is 22.7 Å². The zero-order chi connectivity index (χ0) is 27.0. The van der Waals surface area contributed by atoms with Crippen LogP contribution in [-0.4, -0.2) is 64.1 Å². The first-order valence-corrected chi connectivity index (χ1v) is 10.4. The minimum Gasteiger partial charge on any atom is -0.442 e. The molecule has 35 heavy (non-hydrogen) atoms. The number of hydrogen-bond acceptors (Lipinski definition) is 8. The van der Waals surface area contributed by atoms with E-state index in [9.17, 15) is 27.6 Å². The molecule has 0 radical (unpaired) electrons. The fraction of sp³-hybridized carbons (Fsp3) is 0.545. The summed E-state index contributed by atoms with van der Waals surface area (Å²) in [5.41, 5.74) is -4.02. The van der Waals surface area contributed by atoms with Gasteiger partial charge in [0.25, 0.3) is 5.91 Å². The van der Waals surface area contributed by atoms with E-state index in [4.69, 9.17) is 14.3 Å². The number of amides is 2. The van der Waals surface area contributed by atoms with Crippen molar-refractivity contribution in [3.8, 4) is 5.75 Å². The molecule has 0 fully saturated rings. The molecule has 194 valence electrons. The zero-order valence-corrected chi connectivity index (χ0v) is 20.6. The highest BCUT2D eigenvalue weighted by atomic mass is 19.4. The van der Waals surface area contributed by atoms with E-state index >= 15 is 0 Å². The van der Waals surface area contributed by atoms with Crippen LogP contribution < -0.4 is 4.74 Å². The Labute approximate surface area is 200 Å². The van der Waals surface area contributed by atoms with Crippen molar-refractivity contribution in [2.75, 3.05) is 7.05 Å². The Morgan fingerprint density at radius 3 is 1.94 bits per heavy atom. The number of hydrazone groups is 1. The van der Waals surface area contributed by atoms with Gasteiger partial charge in [-0.1, -0.05) is 0 Å². The van der Waals surface area contributed by atoms with Gasteiger partial charge >= 0.3 is 18.6 Å². The Bertz CT molecular complexity index is 1010. The molecule has 13 heteroatoms. The summed E-state index contributed by atoms with van der Waals surface area (Å²) in [6.45, 7) is 10.7. The lowest BCUT2D eigenvalue weighted by molar-refractivity contribution is -0.274. The number of ether oxygens (including phenoxy) is 3. The number of carbonyl (C=O) groups excluding carboxylic acids is 3. The third-order valence-electron chi connectivity index (χ3n) is 4.30. The highest BCUT2D eigenvalue weighted by molar-refractivity contribution is 6.24. The van der Waals surface area contributed by atoms with Gasteiger partial charge in [0.2, 0.25) is 5.54 Å². The van der Waals surface area contributed by atoms with Gasteiger partial charge in [-0.15, -0.1) is 18.2 Å². The number of hydrogen-bond donors (Lipinski definition) is 0. The van der Waals surface area contributed by atoms with E-state index < -0.39 is 47.0 Å². The Balaban J connectivity index is 2.53. The third-order valence-corrected chi connectivity index (χ3v) is 4.30. The number of hydroxylamine groups is 2. The molecule has 0 aromatic heterocycles. The molecule has 2 amide bonds. The van der Waals surface area contributed by atoms with Crippen molar-refractivity contribution in [1.82, 2.24) is 10.1 Å². The first kappa shape index (κ1) is 27.7. The van der Waals surface area contributed by atoms with Gasteiger partial charge < -0.3 is 14.2 Å². The summed E-state index contributed by atoms with van der Waals surface area (Å²) in [7, 11) is 1.30. The van der Waals surface area contributed by atoms with Crippen LogP contribution >= 0.6 is 0 Å². The highest BCUT2D eigenvalue weighted by Crippen LogP contribution is 2.33. The molecular formula is C22H28F3N3O7. The average molecular weight is 503 g/mol. The summed E-state index contributed by atoms with van der Waals surface area (Å²) in [6, 6.07) is 4.46. The molecule has 1 aromatic carbocycles. The van der Waals surface area contributed by atoms with Crippen LogP contribution in [-0.2, 0) is 19.1 Å². The minimum absolute atomic E-state index is 0.0991. The summed E-state index contributed by atoms with van der Waals surface area (Å²) in [6.07, 6.45) is -7.38. The van der Waals surface area contributed by atoms with Crippen molar-refractivity contribution in [3.05, 3.63) is 29.8 Å². The van der Waals surface area contributed by atoms with E-state index in [0.29, 0.717) is 5.06 Å². The average Bonchev–Trinajstić information content (AvgIpc) is 2.87. The van der Waals surface area contributed by atoms with Crippen molar-refractivity contribution in [2.45, 2.75) is 71.6 Å². The molecule has 0 N–H and O–H groups in total. The molecule has 1 aromatic rings. The maximum absolute atomic E-state index is 13.2. The topological polar surface area (TPSA) is 107 Å². The van der Waals surface area contributed by atoms with Crippen molar-refractivity contribution in [3.63, 3.8) is 0 Å². The Morgan fingerprint density at radius 2 is 1.49 bits per heavy atom. The highest BCUT2D eigenvalue weighted by Gasteiger charge is 2.57. The number of nitrogens with zero attached hydrogens (tertiary/aromatic N) is 3. The van der Waals surface area contributed by atoms with Gasteiger partial charge in [-0.05, 0) is 72.7 Å². The van der Waals surface area contributed by atoms with E-state index in [0.717, 1.165) is 17.1 Å². The second-order valence-electron chi connectivity index (χ2n) is 9.75.